The SMILES string of the molecule is CNc1nc(Oc2cccc(C(F)(F)F)c2)n(Cc2ccc(Cl)cc2)c1C(=O)NCC(N)=CC(C)=O. The fourth-order valence-electron chi connectivity index (χ4n) is 3.25. The van der Waals surface area contributed by atoms with Crippen LogP contribution in [0.4, 0.5) is 19.0 Å². The van der Waals surface area contributed by atoms with Crippen molar-refractivity contribution in [2.24, 2.45) is 5.73 Å². The smallest absolute Gasteiger partial charge is 0.416 e. The van der Waals surface area contributed by atoms with Crippen LogP contribution in [0.25, 0.3) is 0 Å². The lowest BCUT2D eigenvalue weighted by Crippen LogP contribution is -2.30. The van der Waals surface area contributed by atoms with E-state index >= 15 is 0 Å². The van der Waals surface area contributed by atoms with Crippen LogP contribution in [0, 0.1) is 0 Å². The highest BCUT2D eigenvalue weighted by Gasteiger charge is 2.31. The molecule has 2 aromatic carbocycles. The zero-order valence-corrected chi connectivity index (χ0v) is 20.1. The molecule has 0 saturated heterocycles. The number of nitrogens with zero attached hydrogens (tertiary/aromatic N) is 2. The van der Waals surface area contributed by atoms with Crippen molar-refractivity contribution >= 4 is 29.1 Å². The van der Waals surface area contributed by atoms with Crippen molar-refractivity contribution in [2.45, 2.75) is 19.6 Å². The van der Waals surface area contributed by atoms with E-state index in [4.69, 9.17) is 22.1 Å². The molecule has 0 bridgehead atoms. The summed E-state index contributed by atoms with van der Waals surface area (Å²) in [7, 11) is 1.53. The summed E-state index contributed by atoms with van der Waals surface area (Å²) >= 11 is 5.97. The molecule has 0 aliphatic heterocycles. The number of hydrogen-bond donors (Lipinski definition) is 3. The first kappa shape index (κ1) is 26.6. The number of carbonyl (C=O) groups is 2. The maximum atomic E-state index is 13.2. The van der Waals surface area contributed by atoms with Crippen LogP contribution < -0.4 is 21.1 Å². The van der Waals surface area contributed by atoms with Gasteiger partial charge in [-0.3, -0.25) is 14.2 Å². The zero-order valence-electron chi connectivity index (χ0n) is 19.3. The van der Waals surface area contributed by atoms with E-state index in [1.165, 1.54) is 36.7 Å². The molecule has 0 fully saturated rings. The minimum Gasteiger partial charge on any atom is -0.425 e. The third-order valence-electron chi connectivity index (χ3n) is 4.85. The first-order chi connectivity index (χ1) is 17.0. The molecule has 3 rings (SSSR count). The molecule has 36 heavy (non-hydrogen) atoms. The van der Waals surface area contributed by atoms with Gasteiger partial charge in [-0.15, -0.1) is 0 Å². The number of alkyl halides is 3. The van der Waals surface area contributed by atoms with Crippen molar-refractivity contribution in [1.29, 1.82) is 0 Å². The van der Waals surface area contributed by atoms with Crippen LogP contribution in [0.1, 0.15) is 28.5 Å². The van der Waals surface area contributed by atoms with Gasteiger partial charge >= 0.3 is 12.2 Å². The number of hydrogen-bond acceptors (Lipinski definition) is 6. The summed E-state index contributed by atoms with van der Waals surface area (Å²) in [6, 6.07) is 11.0. The van der Waals surface area contributed by atoms with Gasteiger partial charge < -0.3 is 21.1 Å². The number of halogens is 4. The summed E-state index contributed by atoms with van der Waals surface area (Å²) in [6.45, 7) is 1.30. The predicted molar refractivity (Wildman–Crippen MR) is 129 cm³/mol. The van der Waals surface area contributed by atoms with Gasteiger partial charge in [-0.1, -0.05) is 29.8 Å². The molecule has 1 aromatic heterocycles. The highest BCUT2D eigenvalue weighted by molar-refractivity contribution is 6.30. The van der Waals surface area contributed by atoms with Gasteiger partial charge in [-0.25, -0.2) is 0 Å². The molecular weight excluding hydrogens is 499 g/mol. The number of nitrogens with one attached hydrogen (secondary N) is 2. The lowest BCUT2D eigenvalue weighted by atomic mass is 10.2. The number of amides is 1. The fraction of sp³-hybridized carbons (Fsp3) is 0.208. The Bertz CT molecular complexity index is 1290. The van der Waals surface area contributed by atoms with Crippen molar-refractivity contribution < 1.29 is 27.5 Å². The first-order valence-corrected chi connectivity index (χ1v) is 11.0. The molecule has 1 amide bonds. The van der Waals surface area contributed by atoms with Gasteiger partial charge in [0, 0.05) is 23.8 Å². The van der Waals surface area contributed by atoms with Crippen LogP contribution in [0.2, 0.25) is 5.02 Å². The molecule has 12 heteroatoms. The number of rotatable bonds is 9. The highest BCUT2D eigenvalue weighted by atomic mass is 35.5. The van der Waals surface area contributed by atoms with Gasteiger partial charge in [-0.05, 0) is 42.8 Å². The Morgan fingerprint density at radius 1 is 1.19 bits per heavy atom. The van der Waals surface area contributed by atoms with Crippen molar-refractivity contribution in [3.05, 3.63) is 82.1 Å². The van der Waals surface area contributed by atoms with Crippen molar-refractivity contribution in [1.82, 2.24) is 14.9 Å². The average molecular weight is 522 g/mol. The summed E-state index contributed by atoms with van der Waals surface area (Å²) in [6.07, 6.45) is -3.38. The summed E-state index contributed by atoms with van der Waals surface area (Å²) in [5.74, 6) is -0.866. The number of aromatic nitrogens is 2. The summed E-state index contributed by atoms with van der Waals surface area (Å²) in [5, 5.41) is 5.92. The Labute approximate surface area is 209 Å². The Kier molecular flexibility index (Phi) is 8.25. The van der Waals surface area contributed by atoms with E-state index in [0.717, 1.165) is 17.7 Å². The largest absolute Gasteiger partial charge is 0.425 e. The van der Waals surface area contributed by atoms with Gasteiger partial charge in [0.05, 0.1) is 18.7 Å². The second-order valence-electron chi connectivity index (χ2n) is 7.69. The lowest BCUT2D eigenvalue weighted by Gasteiger charge is -2.14. The van der Waals surface area contributed by atoms with Crippen LogP contribution >= 0.6 is 11.6 Å². The van der Waals surface area contributed by atoms with Gasteiger partial charge in [0.2, 0.25) is 0 Å². The number of anilines is 1. The van der Waals surface area contributed by atoms with E-state index in [-0.39, 0.29) is 47.8 Å². The Morgan fingerprint density at radius 3 is 2.50 bits per heavy atom. The predicted octanol–water partition coefficient (Wildman–Crippen LogP) is 4.60. The molecule has 0 aliphatic rings. The molecular formula is C24H23ClF3N5O3. The number of ketones is 1. The molecule has 0 radical (unpaired) electrons. The number of imidazole rings is 1. The van der Waals surface area contributed by atoms with Crippen LogP contribution in [-0.4, -0.2) is 34.8 Å². The average Bonchev–Trinajstić information content (AvgIpc) is 3.15. The van der Waals surface area contributed by atoms with Crippen molar-refractivity contribution in [2.75, 3.05) is 18.9 Å². The Morgan fingerprint density at radius 2 is 1.89 bits per heavy atom. The summed E-state index contributed by atoms with van der Waals surface area (Å²) in [4.78, 5) is 28.6. The molecule has 3 aromatic rings. The van der Waals surface area contributed by atoms with E-state index in [0.29, 0.717) is 5.02 Å². The van der Waals surface area contributed by atoms with E-state index < -0.39 is 17.6 Å². The lowest BCUT2D eigenvalue weighted by molar-refractivity contribution is -0.137. The van der Waals surface area contributed by atoms with Gasteiger partial charge in [-0.2, -0.15) is 18.2 Å². The van der Waals surface area contributed by atoms with Crippen molar-refractivity contribution in [3.8, 4) is 11.8 Å². The normalized spacial score (nSPS) is 11.8. The van der Waals surface area contributed by atoms with Gasteiger partial charge in [0.15, 0.2) is 17.3 Å². The fourth-order valence-corrected chi connectivity index (χ4v) is 3.38. The molecule has 0 atom stereocenters. The molecule has 0 unspecified atom stereocenters. The number of nitrogens with two attached hydrogens (primary N) is 1. The van der Waals surface area contributed by atoms with Gasteiger partial charge in [0.1, 0.15) is 5.75 Å². The minimum atomic E-state index is -4.56. The molecule has 1 heterocycles. The first-order valence-electron chi connectivity index (χ1n) is 10.6. The number of carbonyl (C=O) groups excluding carboxylic acids is 2. The molecule has 0 spiro atoms. The third kappa shape index (κ3) is 6.79. The summed E-state index contributed by atoms with van der Waals surface area (Å²) in [5.41, 5.74) is 5.78. The van der Waals surface area contributed by atoms with E-state index in [9.17, 15) is 22.8 Å². The molecule has 190 valence electrons. The van der Waals surface area contributed by atoms with E-state index in [1.807, 2.05) is 0 Å². The number of allylic oxidation sites excluding steroid dienone is 1. The van der Waals surface area contributed by atoms with E-state index in [1.54, 1.807) is 24.3 Å². The molecule has 4 N–H and O–H groups in total. The van der Waals surface area contributed by atoms with Crippen LogP contribution in [0.15, 0.2) is 60.3 Å². The monoisotopic (exact) mass is 521 g/mol. The van der Waals surface area contributed by atoms with Crippen LogP contribution in [0.3, 0.4) is 0 Å². The second-order valence-corrected chi connectivity index (χ2v) is 8.13. The quantitative estimate of drug-likeness (QED) is 0.355. The topological polar surface area (TPSA) is 111 Å². The Hall–Kier alpha value is -3.99. The highest BCUT2D eigenvalue weighted by Crippen LogP contribution is 2.34. The zero-order chi connectivity index (χ0) is 26.5. The maximum Gasteiger partial charge on any atom is 0.416 e. The Balaban J connectivity index is 2.02. The van der Waals surface area contributed by atoms with Crippen molar-refractivity contribution in [3.63, 3.8) is 0 Å². The van der Waals surface area contributed by atoms with Gasteiger partial charge in [0.25, 0.3) is 5.91 Å². The second kappa shape index (κ2) is 11.2. The number of ether oxygens (including phenoxy) is 1. The molecule has 8 nitrogen and oxygen atoms in total. The van der Waals surface area contributed by atoms with Crippen LogP contribution in [0.5, 0.6) is 11.8 Å². The number of benzene rings is 2. The minimum absolute atomic E-state index is 0.0463. The van der Waals surface area contributed by atoms with E-state index in [2.05, 4.69) is 15.6 Å². The standard InChI is InChI=1S/C24H23ClF3N5O3/c1-14(34)10-18(29)12-31-22(35)20-21(30-2)32-23(33(20)13-15-6-8-17(25)9-7-15)36-19-5-3-4-16(11-19)24(26,27)28/h3-11,30H,12-13,29H2,1-2H3,(H,31,35). The maximum absolute atomic E-state index is 13.2. The van der Waals surface area contributed by atoms with Crippen LogP contribution in [-0.2, 0) is 17.5 Å². The molecule has 0 saturated carbocycles. The summed E-state index contributed by atoms with van der Waals surface area (Å²) < 4.78 is 46.7. The third-order valence-corrected chi connectivity index (χ3v) is 5.10. The molecule has 0 aliphatic carbocycles.